The molecule has 0 atom stereocenters. The van der Waals surface area contributed by atoms with Crippen LogP contribution >= 0.6 is 0 Å². The van der Waals surface area contributed by atoms with E-state index in [1.54, 1.807) is 4.52 Å². The summed E-state index contributed by atoms with van der Waals surface area (Å²) in [6, 6.07) is 1.90. The van der Waals surface area contributed by atoms with Crippen molar-refractivity contribution < 1.29 is 4.79 Å². The molecule has 2 aromatic rings. The van der Waals surface area contributed by atoms with E-state index in [9.17, 15) is 4.79 Å². The van der Waals surface area contributed by atoms with Gasteiger partial charge in [0.05, 0.1) is 11.8 Å². The Balaban J connectivity index is 2.71. The molecule has 13 heavy (non-hydrogen) atoms. The van der Waals surface area contributed by atoms with Crippen LogP contribution in [0, 0.1) is 0 Å². The van der Waals surface area contributed by atoms with Crippen LogP contribution in [0.15, 0.2) is 18.5 Å². The number of rotatable bonds is 2. The van der Waals surface area contributed by atoms with Crippen molar-refractivity contribution in [3.8, 4) is 0 Å². The van der Waals surface area contributed by atoms with E-state index in [2.05, 4.69) is 10.1 Å². The molecule has 0 aliphatic carbocycles. The first-order chi connectivity index (χ1) is 6.35. The van der Waals surface area contributed by atoms with Gasteiger partial charge in [0, 0.05) is 11.9 Å². The van der Waals surface area contributed by atoms with E-state index in [0.717, 1.165) is 18.4 Å². The minimum absolute atomic E-state index is 0.537. The van der Waals surface area contributed by atoms with Gasteiger partial charge in [-0.1, -0.05) is 6.92 Å². The quantitative estimate of drug-likeness (QED) is 0.642. The zero-order valence-corrected chi connectivity index (χ0v) is 7.27. The molecule has 0 saturated heterocycles. The molecule has 2 aromatic heterocycles. The van der Waals surface area contributed by atoms with Crippen LogP contribution in [0.3, 0.4) is 0 Å². The molecule has 0 aliphatic heterocycles. The molecule has 66 valence electrons. The van der Waals surface area contributed by atoms with Crippen molar-refractivity contribution in [3.63, 3.8) is 0 Å². The Hall–Kier alpha value is -1.71. The molecule has 0 aromatic carbocycles. The van der Waals surface area contributed by atoms with Gasteiger partial charge in [-0.05, 0) is 12.5 Å². The van der Waals surface area contributed by atoms with Gasteiger partial charge in [0.15, 0.2) is 11.9 Å². The Morgan fingerprint density at radius 1 is 1.62 bits per heavy atom. The molecule has 0 saturated carbocycles. The van der Waals surface area contributed by atoms with E-state index in [1.165, 1.54) is 6.20 Å². The average Bonchev–Trinajstić information content (AvgIpc) is 2.59. The van der Waals surface area contributed by atoms with Gasteiger partial charge in [-0.25, -0.2) is 9.50 Å². The highest BCUT2D eigenvalue weighted by Crippen LogP contribution is 2.06. The minimum atomic E-state index is 0.537. The number of aldehydes is 1. The van der Waals surface area contributed by atoms with Crippen molar-refractivity contribution in [2.45, 2.75) is 13.3 Å². The van der Waals surface area contributed by atoms with Crippen LogP contribution in [0.5, 0.6) is 0 Å². The van der Waals surface area contributed by atoms with Crippen molar-refractivity contribution in [2.24, 2.45) is 0 Å². The van der Waals surface area contributed by atoms with Crippen LogP contribution in [0.4, 0.5) is 0 Å². The molecule has 4 nitrogen and oxygen atoms in total. The molecule has 0 bridgehead atoms. The monoisotopic (exact) mass is 175 g/mol. The summed E-state index contributed by atoms with van der Waals surface area (Å²) >= 11 is 0. The van der Waals surface area contributed by atoms with Gasteiger partial charge < -0.3 is 0 Å². The first-order valence-corrected chi connectivity index (χ1v) is 4.13. The summed E-state index contributed by atoms with van der Waals surface area (Å²) in [5.74, 6) is 0. The zero-order valence-electron chi connectivity index (χ0n) is 7.27. The van der Waals surface area contributed by atoms with E-state index < -0.39 is 0 Å². The predicted octanol–water partition coefficient (Wildman–Crippen LogP) is 1.10. The largest absolute Gasteiger partial charge is 0.298 e. The number of nitrogens with zero attached hydrogens (tertiary/aromatic N) is 3. The van der Waals surface area contributed by atoms with Crippen LogP contribution in [-0.2, 0) is 6.42 Å². The van der Waals surface area contributed by atoms with Crippen LogP contribution < -0.4 is 0 Å². The first kappa shape index (κ1) is 7.91. The Labute approximate surface area is 75.2 Å². The summed E-state index contributed by atoms with van der Waals surface area (Å²) in [4.78, 5) is 14.9. The zero-order chi connectivity index (χ0) is 9.26. The molecule has 0 radical (unpaired) electrons. The predicted molar refractivity (Wildman–Crippen MR) is 47.8 cm³/mol. The number of carbonyl (C=O) groups is 1. The van der Waals surface area contributed by atoms with Gasteiger partial charge in [0.25, 0.3) is 0 Å². The lowest BCUT2D eigenvalue weighted by atomic mass is 10.3. The van der Waals surface area contributed by atoms with Crippen LogP contribution in [0.2, 0.25) is 0 Å². The lowest BCUT2D eigenvalue weighted by Crippen LogP contribution is -1.94. The summed E-state index contributed by atoms with van der Waals surface area (Å²) in [6.45, 7) is 2.02. The second kappa shape index (κ2) is 2.97. The van der Waals surface area contributed by atoms with Gasteiger partial charge in [0.2, 0.25) is 0 Å². The van der Waals surface area contributed by atoms with Crippen molar-refractivity contribution in [1.29, 1.82) is 0 Å². The number of aromatic nitrogens is 3. The lowest BCUT2D eigenvalue weighted by Gasteiger charge is -1.96. The molecule has 2 heterocycles. The van der Waals surface area contributed by atoms with Crippen LogP contribution in [0.25, 0.3) is 5.65 Å². The molecule has 0 fully saturated rings. The highest BCUT2D eigenvalue weighted by atomic mass is 16.1. The average molecular weight is 175 g/mol. The number of carbonyl (C=O) groups excluding carboxylic acids is 1. The fourth-order valence-corrected chi connectivity index (χ4v) is 1.20. The first-order valence-electron chi connectivity index (χ1n) is 4.13. The highest BCUT2D eigenvalue weighted by molar-refractivity contribution is 5.83. The summed E-state index contributed by atoms with van der Waals surface area (Å²) in [5, 5.41) is 3.99. The van der Waals surface area contributed by atoms with Gasteiger partial charge in [0.1, 0.15) is 0 Å². The summed E-state index contributed by atoms with van der Waals surface area (Å²) in [7, 11) is 0. The topological polar surface area (TPSA) is 47.3 Å². The molecule has 2 rings (SSSR count). The summed E-state index contributed by atoms with van der Waals surface area (Å²) in [6.07, 6.45) is 4.97. The van der Waals surface area contributed by atoms with Gasteiger partial charge in [-0.15, -0.1) is 0 Å². The van der Waals surface area contributed by atoms with E-state index in [1.807, 2.05) is 19.2 Å². The maximum atomic E-state index is 10.6. The SMILES string of the molecule is CCc1ccn2ncc(C=O)c2n1. The van der Waals surface area contributed by atoms with Gasteiger partial charge in [-0.2, -0.15) is 5.10 Å². The molecule has 4 heteroatoms. The fraction of sp³-hybridized carbons (Fsp3) is 0.222. The third kappa shape index (κ3) is 1.20. The Bertz CT molecular complexity index is 447. The number of hydrogen-bond acceptors (Lipinski definition) is 3. The van der Waals surface area contributed by atoms with E-state index >= 15 is 0 Å². The number of hydrogen-bond donors (Lipinski definition) is 0. The number of fused-ring (bicyclic) bond motifs is 1. The van der Waals surface area contributed by atoms with E-state index in [-0.39, 0.29) is 0 Å². The molecule has 0 N–H and O–H groups in total. The van der Waals surface area contributed by atoms with Gasteiger partial charge >= 0.3 is 0 Å². The third-order valence-electron chi connectivity index (χ3n) is 1.94. The molecule has 0 amide bonds. The van der Waals surface area contributed by atoms with E-state index in [4.69, 9.17) is 0 Å². The Kier molecular flexibility index (Phi) is 1.81. The second-order valence-corrected chi connectivity index (χ2v) is 2.76. The Morgan fingerprint density at radius 2 is 2.46 bits per heavy atom. The molecule has 0 spiro atoms. The van der Waals surface area contributed by atoms with Crippen molar-refractivity contribution in [1.82, 2.24) is 14.6 Å². The standard InChI is InChI=1S/C9H9N3O/c1-2-8-3-4-12-9(11-8)7(6-13)5-10-12/h3-6H,2H2,1H3. The normalized spacial score (nSPS) is 10.5. The second-order valence-electron chi connectivity index (χ2n) is 2.76. The highest BCUT2D eigenvalue weighted by Gasteiger charge is 2.03. The Morgan fingerprint density at radius 3 is 3.15 bits per heavy atom. The maximum Gasteiger partial charge on any atom is 0.165 e. The summed E-state index contributed by atoms with van der Waals surface area (Å²) in [5.41, 5.74) is 2.14. The molecular formula is C9H9N3O. The molecule has 0 unspecified atom stereocenters. The smallest absolute Gasteiger partial charge is 0.165 e. The maximum absolute atomic E-state index is 10.6. The lowest BCUT2D eigenvalue weighted by molar-refractivity contribution is 0.112. The summed E-state index contributed by atoms with van der Waals surface area (Å²) < 4.78 is 1.60. The van der Waals surface area contributed by atoms with Crippen molar-refractivity contribution in [2.75, 3.05) is 0 Å². The fourth-order valence-electron chi connectivity index (χ4n) is 1.20. The third-order valence-corrected chi connectivity index (χ3v) is 1.94. The number of aryl methyl sites for hydroxylation is 1. The van der Waals surface area contributed by atoms with E-state index in [0.29, 0.717) is 11.2 Å². The minimum Gasteiger partial charge on any atom is -0.298 e. The van der Waals surface area contributed by atoms with Crippen LogP contribution in [-0.4, -0.2) is 20.9 Å². The van der Waals surface area contributed by atoms with Gasteiger partial charge in [-0.3, -0.25) is 4.79 Å². The molecule has 0 aliphatic rings. The van der Waals surface area contributed by atoms with Crippen molar-refractivity contribution in [3.05, 3.63) is 29.7 Å². The molecular weight excluding hydrogens is 166 g/mol. The van der Waals surface area contributed by atoms with Crippen LogP contribution in [0.1, 0.15) is 23.0 Å². The van der Waals surface area contributed by atoms with Crippen molar-refractivity contribution >= 4 is 11.9 Å².